The molecule has 2 rings (SSSR count). The predicted octanol–water partition coefficient (Wildman–Crippen LogP) is 3.25. The van der Waals surface area contributed by atoms with Crippen molar-refractivity contribution in [1.82, 2.24) is 4.90 Å². The molecule has 0 aliphatic rings. The smallest absolute Gasteiger partial charge is 0.223 e. The highest BCUT2D eigenvalue weighted by Gasteiger charge is 2.19. The molecular weight excluding hydrogens is 334 g/mol. The van der Waals surface area contributed by atoms with Crippen LogP contribution < -0.4 is 0 Å². The number of benzene rings is 2. The van der Waals surface area contributed by atoms with Crippen molar-refractivity contribution < 1.29 is 13.2 Å². The first-order valence-electron chi connectivity index (χ1n) is 8.53. The Hall–Kier alpha value is -2.14. The van der Waals surface area contributed by atoms with Gasteiger partial charge in [-0.25, -0.2) is 8.42 Å². The first-order chi connectivity index (χ1) is 11.9. The lowest BCUT2D eigenvalue weighted by Crippen LogP contribution is -2.33. The zero-order chi connectivity index (χ0) is 18.3. The van der Waals surface area contributed by atoms with Crippen LogP contribution in [0.15, 0.2) is 59.5 Å². The first-order valence-corrected chi connectivity index (χ1v) is 10.2. The van der Waals surface area contributed by atoms with E-state index >= 15 is 0 Å². The summed E-state index contributed by atoms with van der Waals surface area (Å²) < 4.78 is 24.7. The number of nitrogens with zero attached hydrogens (tertiary/aromatic N) is 1. The number of aryl methyl sites for hydroxylation is 1. The molecule has 0 heterocycles. The summed E-state index contributed by atoms with van der Waals surface area (Å²) in [4.78, 5) is 14.4. The molecule has 134 valence electrons. The standard InChI is InChI=1S/C20H25NO3S/c1-3-21(15-13-18-7-5-4-6-8-18)20(22)14-16-25(23,24)19-11-9-17(2)10-12-19/h4-12H,3,13-16H2,1-2H3. The van der Waals surface area contributed by atoms with Crippen molar-refractivity contribution >= 4 is 15.7 Å². The topological polar surface area (TPSA) is 54.5 Å². The van der Waals surface area contributed by atoms with Crippen molar-refractivity contribution in [2.45, 2.75) is 31.6 Å². The van der Waals surface area contributed by atoms with E-state index in [1.807, 2.05) is 44.2 Å². The highest BCUT2D eigenvalue weighted by molar-refractivity contribution is 7.91. The maximum Gasteiger partial charge on any atom is 0.223 e. The predicted molar refractivity (Wildman–Crippen MR) is 100 cm³/mol. The Balaban J connectivity index is 1.91. The Bertz CT molecular complexity index is 783. The fourth-order valence-corrected chi connectivity index (χ4v) is 3.84. The number of sulfone groups is 1. The van der Waals surface area contributed by atoms with E-state index in [4.69, 9.17) is 0 Å². The maximum atomic E-state index is 12.4. The monoisotopic (exact) mass is 359 g/mol. The minimum absolute atomic E-state index is 0.0127. The van der Waals surface area contributed by atoms with E-state index in [-0.39, 0.29) is 23.0 Å². The number of rotatable bonds is 8. The van der Waals surface area contributed by atoms with Crippen LogP contribution in [0.25, 0.3) is 0 Å². The van der Waals surface area contributed by atoms with Crippen LogP contribution in [0, 0.1) is 6.92 Å². The molecule has 5 heteroatoms. The van der Waals surface area contributed by atoms with Crippen molar-refractivity contribution in [1.29, 1.82) is 0 Å². The van der Waals surface area contributed by atoms with Crippen molar-refractivity contribution in [3.05, 3.63) is 65.7 Å². The fourth-order valence-electron chi connectivity index (χ4n) is 2.61. The lowest BCUT2D eigenvalue weighted by atomic mass is 10.1. The Kier molecular flexibility index (Phi) is 6.76. The van der Waals surface area contributed by atoms with Crippen molar-refractivity contribution in [3.8, 4) is 0 Å². The Morgan fingerprint density at radius 1 is 1.00 bits per heavy atom. The molecule has 1 amide bonds. The second-order valence-corrected chi connectivity index (χ2v) is 8.20. The van der Waals surface area contributed by atoms with E-state index in [1.54, 1.807) is 29.2 Å². The third kappa shape index (κ3) is 5.71. The first kappa shape index (κ1) is 19.2. The minimum Gasteiger partial charge on any atom is -0.343 e. The van der Waals surface area contributed by atoms with E-state index in [0.29, 0.717) is 13.1 Å². The minimum atomic E-state index is -3.43. The molecule has 0 unspecified atom stereocenters. The summed E-state index contributed by atoms with van der Waals surface area (Å²) in [6, 6.07) is 16.7. The van der Waals surface area contributed by atoms with Crippen LogP contribution in [-0.4, -0.2) is 38.1 Å². The summed E-state index contributed by atoms with van der Waals surface area (Å²) in [5, 5.41) is 0. The largest absolute Gasteiger partial charge is 0.343 e. The molecule has 0 aromatic heterocycles. The van der Waals surface area contributed by atoms with Crippen LogP contribution in [0.3, 0.4) is 0 Å². The second-order valence-electron chi connectivity index (χ2n) is 6.09. The maximum absolute atomic E-state index is 12.4. The number of likely N-dealkylation sites (N-methyl/N-ethyl adjacent to an activating group) is 1. The SMILES string of the molecule is CCN(CCc1ccccc1)C(=O)CCS(=O)(=O)c1ccc(C)cc1. The van der Waals surface area contributed by atoms with E-state index in [0.717, 1.165) is 12.0 Å². The van der Waals surface area contributed by atoms with Crippen LogP contribution in [0.2, 0.25) is 0 Å². The van der Waals surface area contributed by atoms with Crippen molar-refractivity contribution in [2.75, 3.05) is 18.8 Å². The highest BCUT2D eigenvalue weighted by Crippen LogP contribution is 2.14. The highest BCUT2D eigenvalue weighted by atomic mass is 32.2. The molecule has 2 aromatic carbocycles. The summed E-state index contributed by atoms with van der Waals surface area (Å²) in [7, 11) is -3.43. The van der Waals surface area contributed by atoms with Gasteiger partial charge in [-0.2, -0.15) is 0 Å². The lowest BCUT2D eigenvalue weighted by Gasteiger charge is -2.21. The number of carbonyl (C=O) groups is 1. The molecule has 0 N–H and O–H groups in total. The molecular formula is C20H25NO3S. The molecule has 0 aliphatic carbocycles. The molecule has 25 heavy (non-hydrogen) atoms. The summed E-state index contributed by atoms with van der Waals surface area (Å²) in [6.45, 7) is 5.00. The van der Waals surface area contributed by atoms with Gasteiger partial charge in [-0.05, 0) is 38.0 Å². The van der Waals surface area contributed by atoms with Gasteiger partial charge in [0.15, 0.2) is 9.84 Å². The summed E-state index contributed by atoms with van der Waals surface area (Å²) in [6.07, 6.45) is 0.782. The summed E-state index contributed by atoms with van der Waals surface area (Å²) in [5.41, 5.74) is 2.18. The van der Waals surface area contributed by atoms with Crippen molar-refractivity contribution in [2.24, 2.45) is 0 Å². The molecule has 0 spiro atoms. The van der Waals surface area contributed by atoms with Gasteiger partial charge in [-0.3, -0.25) is 4.79 Å². The van der Waals surface area contributed by atoms with Gasteiger partial charge in [-0.1, -0.05) is 48.0 Å². The van der Waals surface area contributed by atoms with E-state index in [2.05, 4.69) is 0 Å². The zero-order valence-corrected chi connectivity index (χ0v) is 15.6. The Morgan fingerprint density at radius 3 is 2.24 bits per heavy atom. The Labute approximate surface area is 150 Å². The molecule has 0 saturated heterocycles. The van der Waals surface area contributed by atoms with Crippen LogP contribution >= 0.6 is 0 Å². The van der Waals surface area contributed by atoms with Crippen LogP contribution in [0.5, 0.6) is 0 Å². The molecule has 0 aliphatic heterocycles. The van der Waals surface area contributed by atoms with Gasteiger partial charge in [0.25, 0.3) is 0 Å². The van der Waals surface area contributed by atoms with Gasteiger partial charge in [0.05, 0.1) is 10.6 Å². The number of carbonyl (C=O) groups excluding carboxylic acids is 1. The molecule has 0 atom stereocenters. The van der Waals surface area contributed by atoms with Gasteiger partial charge in [0.2, 0.25) is 5.91 Å². The molecule has 2 aromatic rings. The molecule has 0 saturated carbocycles. The third-order valence-corrected chi connectivity index (χ3v) is 5.94. The fraction of sp³-hybridized carbons (Fsp3) is 0.350. The van der Waals surface area contributed by atoms with Gasteiger partial charge in [0, 0.05) is 19.5 Å². The molecule has 0 fully saturated rings. The number of hydrogen-bond acceptors (Lipinski definition) is 3. The van der Waals surface area contributed by atoms with Crippen molar-refractivity contribution in [3.63, 3.8) is 0 Å². The average Bonchev–Trinajstić information content (AvgIpc) is 2.62. The van der Waals surface area contributed by atoms with Gasteiger partial charge in [-0.15, -0.1) is 0 Å². The van der Waals surface area contributed by atoms with Crippen LogP contribution in [0.1, 0.15) is 24.5 Å². The summed E-state index contributed by atoms with van der Waals surface area (Å²) in [5.74, 6) is -0.273. The van der Waals surface area contributed by atoms with Crippen LogP contribution in [0.4, 0.5) is 0 Å². The van der Waals surface area contributed by atoms with Crippen LogP contribution in [-0.2, 0) is 21.1 Å². The van der Waals surface area contributed by atoms with E-state index in [9.17, 15) is 13.2 Å². The Morgan fingerprint density at radius 2 is 1.64 bits per heavy atom. The zero-order valence-electron chi connectivity index (χ0n) is 14.8. The summed E-state index contributed by atoms with van der Waals surface area (Å²) >= 11 is 0. The molecule has 4 nitrogen and oxygen atoms in total. The quantitative estimate of drug-likeness (QED) is 0.727. The normalized spacial score (nSPS) is 11.3. The number of amides is 1. The molecule has 0 radical (unpaired) electrons. The third-order valence-electron chi connectivity index (χ3n) is 4.21. The average molecular weight is 359 g/mol. The van der Waals surface area contributed by atoms with Gasteiger partial charge in [0.1, 0.15) is 0 Å². The van der Waals surface area contributed by atoms with Gasteiger partial charge < -0.3 is 4.90 Å². The second kappa shape index (κ2) is 8.81. The van der Waals surface area contributed by atoms with E-state index < -0.39 is 9.84 Å². The number of hydrogen-bond donors (Lipinski definition) is 0. The van der Waals surface area contributed by atoms with E-state index in [1.165, 1.54) is 5.56 Å². The lowest BCUT2D eigenvalue weighted by molar-refractivity contribution is -0.130. The van der Waals surface area contributed by atoms with Gasteiger partial charge >= 0.3 is 0 Å². The molecule has 0 bridgehead atoms.